The first-order valence-corrected chi connectivity index (χ1v) is 8.56. The van der Waals surface area contributed by atoms with Crippen LogP contribution in [0.1, 0.15) is 31.2 Å². The first kappa shape index (κ1) is 14.5. The SMILES string of the molecule is CS(=O)(=O)c1ccc(CN[C@@H]2CCCC[C@H]2O)cc1. The largest absolute Gasteiger partial charge is 0.392 e. The molecule has 0 amide bonds. The van der Waals surface area contributed by atoms with Crippen LogP contribution in [0.5, 0.6) is 0 Å². The maximum atomic E-state index is 11.3. The number of nitrogens with one attached hydrogen (secondary N) is 1. The molecule has 0 spiro atoms. The average Bonchev–Trinajstić information content (AvgIpc) is 2.37. The molecule has 1 aliphatic rings. The molecule has 1 aliphatic carbocycles. The lowest BCUT2D eigenvalue weighted by Crippen LogP contribution is -2.41. The van der Waals surface area contributed by atoms with Gasteiger partial charge in [0, 0.05) is 18.8 Å². The van der Waals surface area contributed by atoms with Gasteiger partial charge >= 0.3 is 0 Å². The molecule has 1 aromatic carbocycles. The summed E-state index contributed by atoms with van der Waals surface area (Å²) in [5, 5.41) is 13.2. The minimum absolute atomic E-state index is 0.156. The van der Waals surface area contributed by atoms with Crippen LogP contribution in [-0.2, 0) is 16.4 Å². The molecule has 1 fully saturated rings. The Morgan fingerprint density at radius 1 is 1.21 bits per heavy atom. The number of aliphatic hydroxyl groups excluding tert-OH is 1. The lowest BCUT2D eigenvalue weighted by atomic mass is 9.92. The van der Waals surface area contributed by atoms with Crippen molar-refractivity contribution in [2.45, 2.75) is 49.3 Å². The third-order valence-corrected chi connectivity index (χ3v) is 4.78. The molecular weight excluding hydrogens is 262 g/mol. The molecule has 0 radical (unpaired) electrons. The number of hydrogen-bond donors (Lipinski definition) is 2. The van der Waals surface area contributed by atoms with Crippen LogP contribution in [0.3, 0.4) is 0 Å². The van der Waals surface area contributed by atoms with Crippen molar-refractivity contribution in [3.63, 3.8) is 0 Å². The van der Waals surface area contributed by atoms with Crippen molar-refractivity contribution in [3.05, 3.63) is 29.8 Å². The van der Waals surface area contributed by atoms with Gasteiger partial charge in [-0.3, -0.25) is 0 Å². The Hall–Kier alpha value is -0.910. The van der Waals surface area contributed by atoms with E-state index in [0.717, 1.165) is 31.2 Å². The molecule has 2 rings (SSSR count). The van der Waals surface area contributed by atoms with Crippen LogP contribution in [-0.4, -0.2) is 31.9 Å². The van der Waals surface area contributed by atoms with Gasteiger partial charge in [0.25, 0.3) is 0 Å². The van der Waals surface area contributed by atoms with Gasteiger partial charge in [0.1, 0.15) is 0 Å². The van der Waals surface area contributed by atoms with E-state index < -0.39 is 9.84 Å². The summed E-state index contributed by atoms with van der Waals surface area (Å²) in [7, 11) is -3.12. The van der Waals surface area contributed by atoms with E-state index >= 15 is 0 Å². The second kappa shape index (κ2) is 6.03. The lowest BCUT2D eigenvalue weighted by Gasteiger charge is -2.28. The van der Waals surface area contributed by atoms with E-state index in [9.17, 15) is 13.5 Å². The Morgan fingerprint density at radius 2 is 1.84 bits per heavy atom. The molecule has 0 aliphatic heterocycles. The van der Waals surface area contributed by atoms with Crippen molar-refractivity contribution >= 4 is 9.84 Å². The summed E-state index contributed by atoms with van der Waals surface area (Å²) >= 11 is 0. The predicted molar refractivity (Wildman–Crippen MR) is 74.7 cm³/mol. The summed E-state index contributed by atoms with van der Waals surface area (Å²) < 4.78 is 22.7. The fourth-order valence-corrected chi connectivity index (χ4v) is 3.08. The molecule has 0 aromatic heterocycles. The van der Waals surface area contributed by atoms with Crippen LogP contribution < -0.4 is 5.32 Å². The van der Waals surface area contributed by atoms with E-state index in [1.165, 1.54) is 6.26 Å². The standard InChI is InChI=1S/C14H21NO3S/c1-19(17,18)12-8-6-11(7-9-12)10-15-13-4-2-3-5-14(13)16/h6-9,13-16H,2-5,10H2,1H3/t13-,14-/m1/s1. The maximum absolute atomic E-state index is 11.3. The summed E-state index contributed by atoms with van der Waals surface area (Å²) in [6.07, 6.45) is 5.07. The van der Waals surface area contributed by atoms with Gasteiger partial charge in [0.2, 0.25) is 0 Å². The molecule has 4 nitrogen and oxygen atoms in total. The van der Waals surface area contributed by atoms with Gasteiger partial charge in [0.15, 0.2) is 9.84 Å². The fraction of sp³-hybridized carbons (Fsp3) is 0.571. The molecular formula is C14H21NO3S. The van der Waals surface area contributed by atoms with Crippen molar-refractivity contribution < 1.29 is 13.5 Å². The molecule has 1 saturated carbocycles. The van der Waals surface area contributed by atoms with Gasteiger partial charge in [-0.25, -0.2) is 8.42 Å². The van der Waals surface area contributed by atoms with E-state index in [0.29, 0.717) is 11.4 Å². The molecule has 106 valence electrons. The summed E-state index contributed by atoms with van der Waals surface area (Å²) in [5.41, 5.74) is 1.03. The topological polar surface area (TPSA) is 66.4 Å². The highest BCUT2D eigenvalue weighted by atomic mass is 32.2. The van der Waals surface area contributed by atoms with Gasteiger partial charge in [-0.15, -0.1) is 0 Å². The Balaban J connectivity index is 1.93. The van der Waals surface area contributed by atoms with Crippen molar-refractivity contribution in [1.29, 1.82) is 0 Å². The number of rotatable bonds is 4. The summed E-state index contributed by atoms with van der Waals surface area (Å²) in [6, 6.07) is 7.05. The Kier molecular flexibility index (Phi) is 4.60. The number of aliphatic hydroxyl groups is 1. The third kappa shape index (κ3) is 4.03. The zero-order chi connectivity index (χ0) is 13.9. The van der Waals surface area contributed by atoms with E-state index in [1.54, 1.807) is 12.1 Å². The van der Waals surface area contributed by atoms with Crippen molar-refractivity contribution in [3.8, 4) is 0 Å². The molecule has 19 heavy (non-hydrogen) atoms. The Bertz CT molecular complexity index is 510. The average molecular weight is 283 g/mol. The molecule has 2 atom stereocenters. The number of benzene rings is 1. The summed E-state index contributed by atoms with van der Waals surface area (Å²) in [5.74, 6) is 0. The summed E-state index contributed by atoms with van der Waals surface area (Å²) in [4.78, 5) is 0.342. The molecule has 2 N–H and O–H groups in total. The van der Waals surface area contributed by atoms with Crippen LogP contribution in [0.25, 0.3) is 0 Å². The van der Waals surface area contributed by atoms with E-state index in [-0.39, 0.29) is 12.1 Å². The fourth-order valence-electron chi connectivity index (χ4n) is 2.45. The predicted octanol–water partition coefficient (Wildman–Crippen LogP) is 1.48. The minimum Gasteiger partial charge on any atom is -0.392 e. The normalized spacial score (nSPS) is 24.3. The van der Waals surface area contributed by atoms with Crippen LogP contribution in [0, 0.1) is 0 Å². The highest BCUT2D eigenvalue weighted by Crippen LogP contribution is 2.19. The quantitative estimate of drug-likeness (QED) is 0.878. The smallest absolute Gasteiger partial charge is 0.175 e. The van der Waals surface area contributed by atoms with Crippen LogP contribution in [0.15, 0.2) is 29.2 Å². The van der Waals surface area contributed by atoms with Crippen LogP contribution in [0.2, 0.25) is 0 Å². The van der Waals surface area contributed by atoms with Crippen molar-refractivity contribution in [2.24, 2.45) is 0 Å². The second-order valence-electron chi connectivity index (χ2n) is 5.26. The summed E-state index contributed by atoms with van der Waals surface area (Å²) in [6.45, 7) is 0.659. The molecule has 0 unspecified atom stereocenters. The minimum atomic E-state index is -3.12. The van der Waals surface area contributed by atoms with E-state index in [4.69, 9.17) is 0 Å². The van der Waals surface area contributed by atoms with Crippen molar-refractivity contribution in [2.75, 3.05) is 6.26 Å². The third-order valence-electron chi connectivity index (χ3n) is 3.65. The van der Waals surface area contributed by atoms with Gasteiger partial charge < -0.3 is 10.4 Å². The van der Waals surface area contributed by atoms with Crippen molar-refractivity contribution in [1.82, 2.24) is 5.32 Å². The number of sulfone groups is 1. The molecule has 1 aromatic rings. The van der Waals surface area contributed by atoms with Gasteiger partial charge in [-0.05, 0) is 30.5 Å². The zero-order valence-corrected chi connectivity index (χ0v) is 12.0. The van der Waals surface area contributed by atoms with Gasteiger partial charge in [-0.1, -0.05) is 25.0 Å². The highest BCUT2D eigenvalue weighted by molar-refractivity contribution is 7.90. The Morgan fingerprint density at radius 3 is 2.42 bits per heavy atom. The first-order valence-electron chi connectivity index (χ1n) is 6.67. The van der Waals surface area contributed by atoms with Gasteiger partial charge in [-0.2, -0.15) is 0 Å². The lowest BCUT2D eigenvalue weighted by molar-refractivity contribution is 0.0902. The van der Waals surface area contributed by atoms with Crippen LogP contribution >= 0.6 is 0 Å². The maximum Gasteiger partial charge on any atom is 0.175 e. The van der Waals surface area contributed by atoms with Gasteiger partial charge in [0.05, 0.1) is 11.0 Å². The number of hydrogen-bond acceptors (Lipinski definition) is 4. The first-order chi connectivity index (χ1) is 8.97. The highest BCUT2D eigenvalue weighted by Gasteiger charge is 2.22. The second-order valence-corrected chi connectivity index (χ2v) is 7.27. The van der Waals surface area contributed by atoms with E-state index in [1.807, 2.05) is 12.1 Å². The Labute approximate surface area is 114 Å². The molecule has 0 heterocycles. The molecule has 0 saturated heterocycles. The zero-order valence-electron chi connectivity index (χ0n) is 11.2. The monoisotopic (exact) mass is 283 g/mol. The molecule has 0 bridgehead atoms. The van der Waals surface area contributed by atoms with Crippen LogP contribution in [0.4, 0.5) is 0 Å². The molecule has 5 heteroatoms. The van der Waals surface area contributed by atoms with E-state index in [2.05, 4.69) is 5.32 Å².